The fraction of sp³-hybridized carbons (Fsp3) is 0.556. The zero-order chi connectivity index (χ0) is 8.36. The Kier molecular flexibility index (Phi) is 8.57. The van der Waals surface area contributed by atoms with Crippen LogP contribution in [0.5, 0.6) is 0 Å². The van der Waals surface area contributed by atoms with Crippen LogP contribution in [0.3, 0.4) is 0 Å². The first-order valence-corrected chi connectivity index (χ1v) is 3.61. The molecule has 11 heavy (non-hydrogen) atoms. The van der Waals surface area contributed by atoms with Crippen LogP contribution in [0.25, 0.3) is 0 Å². The molecule has 0 atom stereocenters. The highest BCUT2D eigenvalue weighted by molar-refractivity contribution is 4.82. The number of terminal acetylenes is 1. The highest BCUT2D eigenvalue weighted by Gasteiger charge is 1.86. The van der Waals surface area contributed by atoms with Crippen LogP contribution in [0.15, 0.2) is 12.7 Å². The molecule has 2 heteroatoms. The molecule has 0 aromatic heterocycles. The fourth-order valence-electron chi connectivity index (χ4n) is 0.561. The molecular formula is C9H14O2. The van der Waals surface area contributed by atoms with E-state index in [2.05, 4.69) is 12.5 Å². The zero-order valence-electron chi connectivity index (χ0n) is 6.71. The number of rotatable bonds is 7. The van der Waals surface area contributed by atoms with Crippen molar-refractivity contribution in [3.63, 3.8) is 0 Å². The van der Waals surface area contributed by atoms with Crippen molar-refractivity contribution in [2.45, 2.75) is 6.42 Å². The molecule has 0 aliphatic carbocycles. The van der Waals surface area contributed by atoms with Crippen LogP contribution < -0.4 is 0 Å². The SMILES string of the molecule is C#CCOCCCOCC=C. The van der Waals surface area contributed by atoms with Gasteiger partial charge in [0.2, 0.25) is 0 Å². The third-order valence-electron chi connectivity index (χ3n) is 0.998. The van der Waals surface area contributed by atoms with E-state index in [4.69, 9.17) is 15.9 Å². The van der Waals surface area contributed by atoms with Crippen molar-refractivity contribution >= 4 is 0 Å². The molecule has 0 unspecified atom stereocenters. The molecule has 0 saturated carbocycles. The summed E-state index contributed by atoms with van der Waals surface area (Å²) in [6, 6.07) is 0. The van der Waals surface area contributed by atoms with Gasteiger partial charge in [-0.1, -0.05) is 12.0 Å². The summed E-state index contributed by atoms with van der Waals surface area (Å²) in [6.45, 7) is 5.89. The second-order valence-electron chi connectivity index (χ2n) is 1.97. The Morgan fingerprint density at radius 2 is 2.09 bits per heavy atom. The lowest BCUT2D eigenvalue weighted by Gasteiger charge is -2.00. The van der Waals surface area contributed by atoms with Gasteiger partial charge in [0.1, 0.15) is 6.61 Å². The van der Waals surface area contributed by atoms with E-state index in [0.717, 1.165) is 6.42 Å². The predicted octanol–water partition coefficient (Wildman–Crippen LogP) is 1.23. The molecule has 2 nitrogen and oxygen atoms in total. The largest absolute Gasteiger partial charge is 0.377 e. The van der Waals surface area contributed by atoms with Crippen LogP contribution in [0.2, 0.25) is 0 Å². The molecule has 0 rings (SSSR count). The van der Waals surface area contributed by atoms with E-state index in [1.165, 1.54) is 0 Å². The van der Waals surface area contributed by atoms with Gasteiger partial charge in [0.05, 0.1) is 13.2 Å². The molecule has 0 aromatic carbocycles. The molecule has 0 amide bonds. The van der Waals surface area contributed by atoms with Gasteiger partial charge in [0.25, 0.3) is 0 Å². The average Bonchev–Trinajstić information content (AvgIpc) is 2.03. The number of hydrogen-bond acceptors (Lipinski definition) is 2. The molecule has 0 spiro atoms. The Bertz CT molecular complexity index is 124. The first-order chi connectivity index (χ1) is 5.41. The van der Waals surface area contributed by atoms with E-state index >= 15 is 0 Å². The molecule has 0 N–H and O–H groups in total. The number of ether oxygens (including phenoxy) is 2. The van der Waals surface area contributed by atoms with Gasteiger partial charge in [0.15, 0.2) is 0 Å². The molecule has 0 aliphatic rings. The summed E-state index contributed by atoms with van der Waals surface area (Å²) < 4.78 is 10.1. The minimum Gasteiger partial charge on any atom is -0.377 e. The lowest BCUT2D eigenvalue weighted by molar-refractivity contribution is 0.109. The van der Waals surface area contributed by atoms with Crippen LogP contribution in [-0.4, -0.2) is 26.4 Å². The maximum Gasteiger partial charge on any atom is 0.107 e. The first kappa shape index (κ1) is 10.2. The van der Waals surface area contributed by atoms with Crippen molar-refractivity contribution in [3.8, 4) is 12.3 Å². The average molecular weight is 154 g/mol. The van der Waals surface area contributed by atoms with Crippen LogP contribution in [0.1, 0.15) is 6.42 Å². The molecule has 0 bridgehead atoms. The Morgan fingerprint density at radius 3 is 2.73 bits per heavy atom. The summed E-state index contributed by atoms with van der Waals surface area (Å²) in [4.78, 5) is 0. The maximum atomic E-state index is 5.11. The van der Waals surface area contributed by atoms with Crippen molar-refractivity contribution in [2.24, 2.45) is 0 Å². The second kappa shape index (κ2) is 9.22. The van der Waals surface area contributed by atoms with Crippen molar-refractivity contribution in [3.05, 3.63) is 12.7 Å². The molecule has 0 fully saturated rings. The van der Waals surface area contributed by atoms with Gasteiger partial charge in [-0.2, -0.15) is 0 Å². The van der Waals surface area contributed by atoms with Crippen molar-refractivity contribution in [1.82, 2.24) is 0 Å². The molecular weight excluding hydrogens is 140 g/mol. The smallest absolute Gasteiger partial charge is 0.107 e. The van der Waals surface area contributed by atoms with Crippen LogP contribution in [-0.2, 0) is 9.47 Å². The molecule has 62 valence electrons. The molecule has 0 aromatic rings. The van der Waals surface area contributed by atoms with E-state index in [0.29, 0.717) is 26.4 Å². The van der Waals surface area contributed by atoms with E-state index in [9.17, 15) is 0 Å². The monoisotopic (exact) mass is 154 g/mol. The van der Waals surface area contributed by atoms with E-state index in [1.807, 2.05) is 0 Å². The summed E-state index contributed by atoms with van der Waals surface area (Å²) >= 11 is 0. The lowest BCUT2D eigenvalue weighted by atomic mass is 10.5. The van der Waals surface area contributed by atoms with Gasteiger partial charge in [0, 0.05) is 6.61 Å². The molecule has 0 radical (unpaired) electrons. The Balaban J connectivity index is 2.80. The lowest BCUT2D eigenvalue weighted by Crippen LogP contribution is -2.00. The molecule has 0 saturated heterocycles. The highest BCUT2D eigenvalue weighted by atomic mass is 16.5. The minimum atomic E-state index is 0.390. The standard InChI is InChI=1S/C9H14O2/c1-3-6-10-8-5-9-11-7-4-2/h1,4H,2,5-9H2. The van der Waals surface area contributed by atoms with E-state index in [-0.39, 0.29) is 0 Å². The van der Waals surface area contributed by atoms with Gasteiger partial charge in [-0.15, -0.1) is 13.0 Å². The Morgan fingerprint density at radius 1 is 1.36 bits per heavy atom. The Labute approximate surface area is 68.2 Å². The van der Waals surface area contributed by atoms with Crippen LogP contribution in [0, 0.1) is 12.3 Å². The van der Waals surface area contributed by atoms with E-state index in [1.54, 1.807) is 6.08 Å². The minimum absolute atomic E-state index is 0.390. The van der Waals surface area contributed by atoms with Crippen LogP contribution >= 0.6 is 0 Å². The van der Waals surface area contributed by atoms with Gasteiger partial charge in [-0.25, -0.2) is 0 Å². The molecule has 0 heterocycles. The Hall–Kier alpha value is -0.780. The predicted molar refractivity (Wildman–Crippen MR) is 45.3 cm³/mol. The summed E-state index contributed by atoms with van der Waals surface area (Å²) in [7, 11) is 0. The first-order valence-electron chi connectivity index (χ1n) is 3.61. The number of hydrogen-bond donors (Lipinski definition) is 0. The van der Waals surface area contributed by atoms with E-state index < -0.39 is 0 Å². The van der Waals surface area contributed by atoms with Gasteiger partial charge >= 0.3 is 0 Å². The van der Waals surface area contributed by atoms with Crippen molar-refractivity contribution in [2.75, 3.05) is 26.4 Å². The van der Waals surface area contributed by atoms with Gasteiger partial charge < -0.3 is 9.47 Å². The van der Waals surface area contributed by atoms with Gasteiger partial charge in [-0.3, -0.25) is 0 Å². The van der Waals surface area contributed by atoms with Crippen LogP contribution in [0.4, 0.5) is 0 Å². The second-order valence-corrected chi connectivity index (χ2v) is 1.97. The third-order valence-corrected chi connectivity index (χ3v) is 0.998. The zero-order valence-corrected chi connectivity index (χ0v) is 6.71. The summed E-state index contributed by atoms with van der Waals surface area (Å²) in [6.07, 6.45) is 7.58. The van der Waals surface area contributed by atoms with Gasteiger partial charge in [-0.05, 0) is 6.42 Å². The summed E-state index contributed by atoms with van der Waals surface area (Å²) in [5, 5.41) is 0. The normalized spacial score (nSPS) is 9.00. The third kappa shape index (κ3) is 9.22. The molecule has 0 aliphatic heterocycles. The topological polar surface area (TPSA) is 18.5 Å². The van der Waals surface area contributed by atoms with Crippen molar-refractivity contribution in [1.29, 1.82) is 0 Å². The van der Waals surface area contributed by atoms with Crippen molar-refractivity contribution < 1.29 is 9.47 Å². The fourth-order valence-corrected chi connectivity index (χ4v) is 0.561. The maximum absolute atomic E-state index is 5.11. The summed E-state index contributed by atoms with van der Waals surface area (Å²) in [5.41, 5.74) is 0. The summed E-state index contributed by atoms with van der Waals surface area (Å²) in [5.74, 6) is 2.39. The quantitative estimate of drug-likeness (QED) is 0.312. The highest BCUT2D eigenvalue weighted by Crippen LogP contribution is 1.84.